The van der Waals surface area contributed by atoms with Crippen LogP contribution in [0.3, 0.4) is 0 Å². The molecule has 114 valence electrons. The maximum atomic E-state index is 11.3. The molecule has 0 unspecified atom stereocenters. The Morgan fingerprint density at radius 1 is 1.33 bits per heavy atom. The van der Waals surface area contributed by atoms with Crippen LogP contribution in [0.4, 0.5) is 0 Å². The molecular weight excluding hydrogens is 304 g/mol. The van der Waals surface area contributed by atoms with Gasteiger partial charge >= 0.3 is 37.2 Å². The first-order chi connectivity index (χ1) is 9.38. The summed E-state index contributed by atoms with van der Waals surface area (Å²) in [6, 6.07) is 9.72. The Bertz CT molecular complexity index is 471. The summed E-state index contributed by atoms with van der Waals surface area (Å²) in [5, 5.41) is 1.15. The summed E-state index contributed by atoms with van der Waals surface area (Å²) in [4.78, 5) is 34.2. The summed E-state index contributed by atoms with van der Waals surface area (Å²) in [7, 11) is -4.02. The Labute approximate surface area is 148 Å². The van der Waals surface area contributed by atoms with Crippen molar-refractivity contribution in [3.05, 3.63) is 35.9 Å². The Kier molecular flexibility index (Phi) is 10.4. The molecule has 1 rings (SSSR count). The minimum atomic E-state index is -4.02. The molecule has 0 aliphatic heterocycles. The Morgan fingerprint density at radius 3 is 2.48 bits per heavy atom. The minimum absolute atomic E-state index is 0. The van der Waals surface area contributed by atoms with Crippen LogP contribution in [0.25, 0.3) is 0 Å². The van der Waals surface area contributed by atoms with E-state index in [4.69, 9.17) is 14.6 Å². The summed E-state index contributed by atoms with van der Waals surface area (Å²) < 4.78 is 10.7. The number of carbonyl (C=O) groups is 1. The number of hydroxylamine groups is 2. The molecule has 6 nitrogen and oxygen atoms in total. The van der Waals surface area contributed by atoms with E-state index in [0.29, 0.717) is 13.0 Å². The maximum absolute atomic E-state index is 11.3. The molecule has 0 fully saturated rings. The van der Waals surface area contributed by atoms with Gasteiger partial charge in [-0.3, -0.25) is 14.2 Å². The van der Waals surface area contributed by atoms with Gasteiger partial charge in [0.2, 0.25) is 5.91 Å². The fourth-order valence-corrected chi connectivity index (χ4v) is 2.20. The molecule has 0 bridgehead atoms. The predicted molar refractivity (Wildman–Crippen MR) is 76.1 cm³/mol. The molecule has 1 aromatic carbocycles. The van der Waals surface area contributed by atoms with Gasteiger partial charge in [0.25, 0.3) is 0 Å². The van der Waals surface area contributed by atoms with Crippen LogP contribution in [0.2, 0.25) is 0 Å². The van der Waals surface area contributed by atoms with Crippen LogP contribution in [-0.2, 0) is 20.6 Å². The number of nitrogens with zero attached hydrogens (tertiary/aromatic N) is 1. The van der Waals surface area contributed by atoms with Crippen molar-refractivity contribution < 1.29 is 55.0 Å². The molecule has 0 atom stereocenters. The summed E-state index contributed by atoms with van der Waals surface area (Å²) in [6.07, 6.45) is 0.622. The van der Waals surface area contributed by atoms with Gasteiger partial charge in [-0.1, -0.05) is 30.3 Å². The second-order valence-corrected chi connectivity index (χ2v) is 6.21. The molecule has 1 amide bonds. The number of amides is 1. The van der Waals surface area contributed by atoms with Crippen molar-refractivity contribution in [1.82, 2.24) is 5.06 Å². The van der Waals surface area contributed by atoms with Gasteiger partial charge < -0.3 is 11.2 Å². The molecule has 0 saturated heterocycles. The molecule has 8 heteroatoms. The fourth-order valence-electron chi connectivity index (χ4n) is 1.65. The van der Waals surface area contributed by atoms with Crippen molar-refractivity contribution in [2.24, 2.45) is 0 Å². The van der Waals surface area contributed by atoms with Gasteiger partial charge in [-0.2, -0.15) is 0 Å². The van der Waals surface area contributed by atoms with Crippen molar-refractivity contribution in [2.45, 2.75) is 19.8 Å². The molecule has 21 heavy (non-hydrogen) atoms. The molecule has 0 aliphatic carbocycles. The van der Waals surface area contributed by atoms with Gasteiger partial charge in [-0.15, -0.1) is 0 Å². The summed E-state index contributed by atoms with van der Waals surface area (Å²) in [5.74, 6) is -0.274. The van der Waals surface area contributed by atoms with Crippen LogP contribution in [0.15, 0.2) is 30.3 Å². The first kappa shape index (κ1) is 20.8. The third-order valence-electron chi connectivity index (χ3n) is 2.64. The van der Waals surface area contributed by atoms with E-state index in [2.05, 4.69) is 0 Å². The average Bonchev–Trinajstić information content (AvgIpc) is 2.36. The molecule has 0 saturated carbocycles. The zero-order valence-corrected chi connectivity index (χ0v) is 15.3. The van der Waals surface area contributed by atoms with E-state index in [0.717, 1.165) is 10.6 Å². The van der Waals surface area contributed by atoms with E-state index in [9.17, 15) is 9.36 Å². The van der Waals surface area contributed by atoms with Gasteiger partial charge in [0.05, 0.1) is 12.8 Å². The van der Waals surface area contributed by atoms with E-state index in [1.807, 2.05) is 30.3 Å². The summed E-state index contributed by atoms with van der Waals surface area (Å²) in [6.45, 7) is 1.88. The SMILES string of the molecule is CC(=O)N(CCCP(=O)(O)O)OCCc1ccccc1.[H-].[Na+]. The Balaban J connectivity index is 0. The maximum Gasteiger partial charge on any atom is 1.00 e. The molecule has 0 heterocycles. The Morgan fingerprint density at radius 2 is 1.95 bits per heavy atom. The number of benzene rings is 1. The van der Waals surface area contributed by atoms with Crippen LogP contribution in [0.5, 0.6) is 0 Å². The van der Waals surface area contributed by atoms with Crippen LogP contribution < -0.4 is 29.6 Å². The predicted octanol–water partition coefficient (Wildman–Crippen LogP) is -1.31. The largest absolute Gasteiger partial charge is 1.00 e. The minimum Gasteiger partial charge on any atom is -1.00 e. The second-order valence-electron chi connectivity index (χ2n) is 4.43. The molecule has 1 aromatic rings. The van der Waals surface area contributed by atoms with Gasteiger partial charge in [0.1, 0.15) is 0 Å². The number of hydrogen-bond donors (Lipinski definition) is 2. The first-order valence-corrected chi connectivity index (χ1v) is 8.18. The van der Waals surface area contributed by atoms with Crippen LogP contribution in [-0.4, -0.2) is 40.1 Å². The van der Waals surface area contributed by atoms with E-state index >= 15 is 0 Å². The van der Waals surface area contributed by atoms with E-state index in [-0.39, 0.29) is 56.0 Å². The Hall–Kier alpha value is -0.200. The monoisotopic (exact) mass is 325 g/mol. The molecule has 0 aliphatic rings. The molecular formula is C13H21NNaO5P. The van der Waals surface area contributed by atoms with Crippen molar-refractivity contribution in [1.29, 1.82) is 0 Å². The normalized spacial score (nSPS) is 10.8. The standard InChI is InChI=1S/C13H20NO5P.Na.H/c1-12(15)14(9-5-11-20(16,17)18)19-10-8-13-6-3-2-4-7-13;;/h2-4,6-7H,5,8-11H2,1H3,(H2,16,17,18);;/q;+1;-1. The second kappa shape index (κ2) is 10.5. The van der Waals surface area contributed by atoms with Crippen molar-refractivity contribution >= 4 is 13.5 Å². The van der Waals surface area contributed by atoms with Gasteiger partial charge in [-0.05, 0) is 18.4 Å². The fraction of sp³-hybridized carbons (Fsp3) is 0.462. The molecule has 0 spiro atoms. The van der Waals surface area contributed by atoms with Gasteiger partial charge in [-0.25, -0.2) is 5.06 Å². The average molecular weight is 325 g/mol. The molecule has 0 aromatic heterocycles. The van der Waals surface area contributed by atoms with Crippen LogP contribution in [0, 0.1) is 0 Å². The van der Waals surface area contributed by atoms with Crippen LogP contribution in [0.1, 0.15) is 20.3 Å². The third-order valence-corrected chi connectivity index (χ3v) is 3.54. The zero-order chi connectivity index (χ0) is 15.0. The number of hydrogen-bond acceptors (Lipinski definition) is 3. The van der Waals surface area contributed by atoms with E-state index in [1.54, 1.807) is 0 Å². The number of carbonyl (C=O) groups excluding carboxylic acids is 1. The molecule has 2 N–H and O–H groups in total. The summed E-state index contributed by atoms with van der Waals surface area (Å²) >= 11 is 0. The van der Waals surface area contributed by atoms with Gasteiger partial charge in [0.15, 0.2) is 0 Å². The first-order valence-electron chi connectivity index (χ1n) is 6.38. The molecule has 0 radical (unpaired) electrons. The topological polar surface area (TPSA) is 87.1 Å². The van der Waals surface area contributed by atoms with Crippen molar-refractivity contribution in [3.63, 3.8) is 0 Å². The van der Waals surface area contributed by atoms with Crippen molar-refractivity contribution in [3.8, 4) is 0 Å². The summed E-state index contributed by atoms with van der Waals surface area (Å²) in [5.41, 5.74) is 1.10. The van der Waals surface area contributed by atoms with Crippen molar-refractivity contribution in [2.75, 3.05) is 19.3 Å². The zero-order valence-electron chi connectivity index (χ0n) is 13.4. The van der Waals surface area contributed by atoms with Crippen LogP contribution >= 0.6 is 7.60 Å². The quantitative estimate of drug-likeness (QED) is 0.352. The van der Waals surface area contributed by atoms with E-state index < -0.39 is 7.60 Å². The smallest absolute Gasteiger partial charge is 1.00 e. The van der Waals surface area contributed by atoms with Gasteiger partial charge in [0, 0.05) is 13.5 Å². The third kappa shape index (κ3) is 10.2. The van der Waals surface area contributed by atoms with E-state index in [1.165, 1.54) is 6.92 Å². The number of rotatable bonds is 8.